The lowest BCUT2D eigenvalue weighted by Gasteiger charge is -2.23. The van der Waals surface area contributed by atoms with Gasteiger partial charge in [0.2, 0.25) is 5.88 Å². The summed E-state index contributed by atoms with van der Waals surface area (Å²) in [6.45, 7) is 3.56. The largest absolute Gasteiger partial charge is 0.475 e. The molecule has 0 N–H and O–H groups in total. The van der Waals surface area contributed by atoms with Crippen LogP contribution in [-0.2, 0) is 11.3 Å². The first-order chi connectivity index (χ1) is 6.81. The van der Waals surface area contributed by atoms with Crippen LogP contribution in [0.4, 0.5) is 0 Å². The van der Waals surface area contributed by atoms with Gasteiger partial charge in [0.15, 0.2) is 0 Å². The third-order valence-electron chi connectivity index (χ3n) is 2.15. The number of terminal acetylenes is 1. The number of hydrogen-bond acceptors (Lipinski definition) is 3. The highest BCUT2D eigenvalue weighted by Crippen LogP contribution is 2.21. The average molecular weight is 192 g/mol. The van der Waals surface area contributed by atoms with Gasteiger partial charge in [-0.2, -0.15) is 5.10 Å². The van der Waals surface area contributed by atoms with Gasteiger partial charge >= 0.3 is 0 Å². The lowest BCUT2D eigenvalue weighted by atomic mass is 10.3. The van der Waals surface area contributed by atoms with Crippen LogP contribution < -0.4 is 4.74 Å². The number of fused-ring (bicyclic) bond motifs is 1. The number of aryl methyl sites for hydroxylation is 1. The fourth-order valence-electron chi connectivity index (χ4n) is 1.47. The third-order valence-corrected chi connectivity index (χ3v) is 2.15. The van der Waals surface area contributed by atoms with E-state index >= 15 is 0 Å². The van der Waals surface area contributed by atoms with Crippen molar-refractivity contribution in [1.29, 1.82) is 0 Å². The van der Waals surface area contributed by atoms with Crippen LogP contribution >= 0.6 is 0 Å². The summed E-state index contributed by atoms with van der Waals surface area (Å²) in [5.41, 5.74) is 1.06. The topological polar surface area (TPSA) is 36.3 Å². The molecule has 1 aromatic heterocycles. The minimum Gasteiger partial charge on any atom is -0.475 e. The second kappa shape index (κ2) is 3.72. The molecule has 14 heavy (non-hydrogen) atoms. The van der Waals surface area contributed by atoms with Crippen LogP contribution in [0.3, 0.4) is 0 Å². The Bertz CT molecular complexity index is 365. The van der Waals surface area contributed by atoms with Crippen molar-refractivity contribution in [2.45, 2.75) is 19.6 Å². The predicted molar refractivity (Wildman–Crippen MR) is 51.0 cm³/mol. The molecule has 2 rings (SSSR count). The third kappa shape index (κ3) is 1.59. The molecule has 0 bridgehead atoms. The van der Waals surface area contributed by atoms with Crippen molar-refractivity contribution in [3.8, 4) is 18.2 Å². The van der Waals surface area contributed by atoms with E-state index in [0.29, 0.717) is 19.8 Å². The van der Waals surface area contributed by atoms with E-state index < -0.39 is 0 Å². The maximum Gasteiger partial charge on any atom is 0.214 e. The molecule has 4 nitrogen and oxygen atoms in total. The average Bonchev–Trinajstić information content (AvgIpc) is 2.57. The molecule has 1 aliphatic heterocycles. The Labute approximate surface area is 82.8 Å². The summed E-state index contributed by atoms with van der Waals surface area (Å²) in [4.78, 5) is 0. The smallest absolute Gasteiger partial charge is 0.214 e. The Morgan fingerprint density at radius 2 is 2.71 bits per heavy atom. The van der Waals surface area contributed by atoms with Crippen LogP contribution in [0.25, 0.3) is 0 Å². The fourth-order valence-corrected chi connectivity index (χ4v) is 1.47. The zero-order valence-electron chi connectivity index (χ0n) is 8.06. The van der Waals surface area contributed by atoms with E-state index in [1.54, 1.807) is 10.9 Å². The summed E-state index contributed by atoms with van der Waals surface area (Å²) in [6.07, 6.45) is 6.91. The molecule has 2 heterocycles. The summed E-state index contributed by atoms with van der Waals surface area (Å²) in [6, 6.07) is 0. The molecule has 74 valence electrons. The number of nitrogens with zero attached hydrogens (tertiary/aromatic N) is 2. The Hall–Kier alpha value is -1.47. The lowest BCUT2D eigenvalue weighted by molar-refractivity contribution is 0.00260. The van der Waals surface area contributed by atoms with Crippen molar-refractivity contribution in [2.75, 3.05) is 13.2 Å². The molecular weight excluding hydrogens is 180 g/mol. The van der Waals surface area contributed by atoms with E-state index in [4.69, 9.17) is 15.9 Å². The van der Waals surface area contributed by atoms with Gasteiger partial charge in [-0.3, -0.25) is 0 Å². The van der Waals surface area contributed by atoms with Gasteiger partial charge in [-0.15, -0.1) is 6.42 Å². The molecular formula is C10H12N2O2. The molecule has 0 aliphatic carbocycles. The zero-order valence-corrected chi connectivity index (χ0v) is 8.06. The minimum absolute atomic E-state index is 0.0119. The van der Waals surface area contributed by atoms with E-state index in [2.05, 4.69) is 11.0 Å². The molecule has 1 atom stereocenters. The number of rotatable bonds is 2. The summed E-state index contributed by atoms with van der Waals surface area (Å²) >= 11 is 0. The Balaban J connectivity index is 2.04. The second-order valence-electron chi connectivity index (χ2n) is 3.26. The Morgan fingerprint density at radius 3 is 3.50 bits per heavy atom. The molecule has 0 saturated carbocycles. The van der Waals surface area contributed by atoms with E-state index in [-0.39, 0.29) is 6.10 Å². The minimum atomic E-state index is 0.0119. The van der Waals surface area contributed by atoms with Crippen LogP contribution in [0.5, 0.6) is 5.88 Å². The quantitative estimate of drug-likeness (QED) is 0.644. The molecule has 4 heteroatoms. The van der Waals surface area contributed by atoms with Crippen molar-refractivity contribution in [3.05, 3.63) is 11.8 Å². The number of aromatic nitrogens is 2. The Morgan fingerprint density at radius 1 is 1.86 bits per heavy atom. The van der Waals surface area contributed by atoms with Crippen molar-refractivity contribution in [3.63, 3.8) is 0 Å². The monoisotopic (exact) mass is 192 g/mol. The van der Waals surface area contributed by atoms with E-state index in [9.17, 15) is 0 Å². The van der Waals surface area contributed by atoms with Crippen LogP contribution in [0.2, 0.25) is 0 Å². The molecule has 0 saturated heterocycles. The summed E-state index contributed by atoms with van der Waals surface area (Å²) in [7, 11) is 0. The second-order valence-corrected chi connectivity index (χ2v) is 3.26. The van der Waals surface area contributed by atoms with Gasteiger partial charge in [0.05, 0.1) is 12.7 Å². The SMILES string of the molecule is C#CCOC1COc2c(C)cnn2C1. The van der Waals surface area contributed by atoms with Crippen LogP contribution in [-0.4, -0.2) is 29.1 Å². The predicted octanol–water partition coefficient (Wildman–Crippen LogP) is 0.602. The molecule has 0 aromatic carbocycles. The van der Waals surface area contributed by atoms with Crippen molar-refractivity contribution >= 4 is 0 Å². The summed E-state index contributed by atoms with van der Waals surface area (Å²) < 4.78 is 12.7. The van der Waals surface area contributed by atoms with Crippen molar-refractivity contribution < 1.29 is 9.47 Å². The van der Waals surface area contributed by atoms with Crippen molar-refractivity contribution in [2.24, 2.45) is 0 Å². The van der Waals surface area contributed by atoms with Crippen LogP contribution in [0, 0.1) is 19.3 Å². The molecule has 0 amide bonds. The number of hydrogen-bond donors (Lipinski definition) is 0. The van der Waals surface area contributed by atoms with Gasteiger partial charge in [0, 0.05) is 5.56 Å². The zero-order chi connectivity index (χ0) is 9.97. The fraction of sp³-hybridized carbons (Fsp3) is 0.500. The highest BCUT2D eigenvalue weighted by Gasteiger charge is 2.21. The van der Waals surface area contributed by atoms with Crippen LogP contribution in [0.1, 0.15) is 5.56 Å². The normalized spacial score (nSPS) is 19.6. The first-order valence-corrected chi connectivity index (χ1v) is 4.51. The van der Waals surface area contributed by atoms with Crippen molar-refractivity contribution in [1.82, 2.24) is 9.78 Å². The Kier molecular flexibility index (Phi) is 2.42. The van der Waals surface area contributed by atoms with Gasteiger partial charge in [-0.1, -0.05) is 5.92 Å². The number of ether oxygens (including phenoxy) is 2. The van der Waals surface area contributed by atoms with E-state index in [0.717, 1.165) is 11.4 Å². The molecule has 1 aliphatic rings. The summed E-state index contributed by atoms with van der Waals surface area (Å²) in [5, 5.41) is 4.17. The molecule has 0 spiro atoms. The molecule has 0 radical (unpaired) electrons. The standard InChI is InChI=1S/C10H12N2O2/c1-3-4-13-9-6-12-10(14-7-9)8(2)5-11-12/h1,5,9H,4,6-7H2,2H3. The molecule has 0 fully saturated rings. The van der Waals surface area contributed by atoms with Gasteiger partial charge in [-0.25, -0.2) is 4.68 Å². The van der Waals surface area contributed by atoms with E-state index in [1.165, 1.54) is 0 Å². The molecule has 1 unspecified atom stereocenters. The molecule has 1 aromatic rings. The highest BCUT2D eigenvalue weighted by atomic mass is 16.5. The van der Waals surface area contributed by atoms with Crippen LogP contribution in [0.15, 0.2) is 6.20 Å². The lowest BCUT2D eigenvalue weighted by Crippen LogP contribution is -2.33. The first-order valence-electron chi connectivity index (χ1n) is 4.51. The summed E-state index contributed by atoms with van der Waals surface area (Å²) in [5.74, 6) is 3.28. The maximum atomic E-state index is 5.51. The van der Waals surface area contributed by atoms with E-state index in [1.807, 2.05) is 6.92 Å². The first kappa shape index (κ1) is 9.10. The van der Waals surface area contributed by atoms with Gasteiger partial charge < -0.3 is 9.47 Å². The maximum absolute atomic E-state index is 5.51. The van der Waals surface area contributed by atoms with Gasteiger partial charge in [0.25, 0.3) is 0 Å². The van der Waals surface area contributed by atoms with Gasteiger partial charge in [-0.05, 0) is 6.92 Å². The highest BCUT2D eigenvalue weighted by molar-refractivity contribution is 5.23. The van der Waals surface area contributed by atoms with Gasteiger partial charge in [0.1, 0.15) is 19.3 Å².